The number of esters is 1. The Labute approximate surface area is 131 Å². The van der Waals surface area contributed by atoms with E-state index in [1.165, 1.54) is 11.3 Å². The van der Waals surface area contributed by atoms with Crippen LogP contribution >= 0.6 is 11.3 Å². The summed E-state index contributed by atoms with van der Waals surface area (Å²) < 4.78 is 6.09. The number of nitrogens with one attached hydrogen (secondary N) is 1. The standard InChI is InChI=1S/C15H17N3O3S/c1-8-4-5-17-11-6-12(22-13(8)11)14(19)18-7-10(16)15(20)21-9-2-3-9/h4-6,9-10H,2-3,7,16H2,1H3,(H,18,19)/t10-/m1/s1. The summed E-state index contributed by atoms with van der Waals surface area (Å²) in [6, 6.07) is 2.82. The van der Waals surface area contributed by atoms with Gasteiger partial charge in [0.05, 0.1) is 15.1 Å². The van der Waals surface area contributed by atoms with E-state index >= 15 is 0 Å². The fourth-order valence-electron chi connectivity index (χ4n) is 1.99. The van der Waals surface area contributed by atoms with E-state index in [1.54, 1.807) is 12.3 Å². The van der Waals surface area contributed by atoms with Gasteiger partial charge in [0.2, 0.25) is 0 Å². The van der Waals surface area contributed by atoms with Crippen LogP contribution in [0.2, 0.25) is 0 Å². The first-order valence-corrected chi connectivity index (χ1v) is 7.95. The first-order valence-electron chi connectivity index (χ1n) is 7.14. The third-order valence-electron chi connectivity index (χ3n) is 3.43. The molecule has 0 unspecified atom stereocenters. The zero-order valence-corrected chi connectivity index (χ0v) is 13.0. The summed E-state index contributed by atoms with van der Waals surface area (Å²) in [6.07, 6.45) is 3.54. The van der Waals surface area contributed by atoms with E-state index in [2.05, 4.69) is 10.3 Å². The molecule has 1 amide bonds. The van der Waals surface area contributed by atoms with E-state index < -0.39 is 12.0 Å². The average molecular weight is 319 g/mol. The number of aromatic nitrogens is 1. The molecule has 0 spiro atoms. The summed E-state index contributed by atoms with van der Waals surface area (Å²) in [5.74, 6) is -0.714. The Bertz CT molecular complexity index is 724. The maximum atomic E-state index is 12.2. The quantitative estimate of drug-likeness (QED) is 0.812. The molecule has 1 atom stereocenters. The number of thiophene rings is 1. The molecule has 1 fully saturated rings. The normalized spacial score (nSPS) is 15.5. The van der Waals surface area contributed by atoms with Crippen molar-refractivity contribution in [3.63, 3.8) is 0 Å². The lowest BCUT2D eigenvalue weighted by Gasteiger charge is -2.11. The molecule has 7 heteroatoms. The monoisotopic (exact) mass is 319 g/mol. The van der Waals surface area contributed by atoms with Crippen LogP contribution in [0.4, 0.5) is 0 Å². The first-order chi connectivity index (χ1) is 10.5. The molecule has 0 aromatic carbocycles. The van der Waals surface area contributed by atoms with Gasteiger partial charge in [0.15, 0.2) is 0 Å². The molecular weight excluding hydrogens is 302 g/mol. The maximum Gasteiger partial charge on any atom is 0.325 e. The Kier molecular flexibility index (Phi) is 4.08. The van der Waals surface area contributed by atoms with Gasteiger partial charge in [0.1, 0.15) is 12.1 Å². The minimum atomic E-state index is -0.834. The van der Waals surface area contributed by atoms with Gasteiger partial charge < -0.3 is 15.8 Å². The molecule has 2 aromatic heterocycles. The smallest absolute Gasteiger partial charge is 0.325 e. The molecule has 0 radical (unpaired) electrons. The van der Waals surface area contributed by atoms with Gasteiger partial charge in [0, 0.05) is 12.7 Å². The highest BCUT2D eigenvalue weighted by atomic mass is 32.1. The van der Waals surface area contributed by atoms with Crippen LogP contribution in [-0.4, -0.2) is 35.6 Å². The second-order valence-corrected chi connectivity index (χ2v) is 6.46. The van der Waals surface area contributed by atoms with Gasteiger partial charge in [0.25, 0.3) is 5.91 Å². The van der Waals surface area contributed by atoms with Crippen LogP contribution in [0.3, 0.4) is 0 Å². The van der Waals surface area contributed by atoms with Gasteiger partial charge in [-0.1, -0.05) is 0 Å². The number of aryl methyl sites for hydroxylation is 1. The van der Waals surface area contributed by atoms with Crippen molar-refractivity contribution in [1.82, 2.24) is 10.3 Å². The van der Waals surface area contributed by atoms with Crippen LogP contribution in [-0.2, 0) is 9.53 Å². The molecule has 1 saturated carbocycles. The van der Waals surface area contributed by atoms with Gasteiger partial charge >= 0.3 is 5.97 Å². The van der Waals surface area contributed by atoms with Gasteiger partial charge in [-0.15, -0.1) is 11.3 Å². The predicted molar refractivity (Wildman–Crippen MR) is 83.8 cm³/mol. The number of fused-ring (bicyclic) bond motifs is 1. The lowest BCUT2D eigenvalue weighted by molar-refractivity contribution is -0.146. The van der Waals surface area contributed by atoms with Crippen molar-refractivity contribution in [3.8, 4) is 0 Å². The molecule has 6 nitrogen and oxygen atoms in total. The predicted octanol–water partition coefficient (Wildman–Crippen LogP) is 1.37. The SMILES string of the molecule is Cc1ccnc2cc(C(=O)NC[C@@H](N)C(=O)OC3CC3)sc12. The van der Waals surface area contributed by atoms with E-state index in [-0.39, 0.29) is 18.6 Å². The van der Waals surface area contributed by atoms with E-state index in [9.17, 15) is 9.59 Å². The van der Waals surface area contributed by atoms with Gasteiger partial charge in [-0.05, 0) is 37.5 Å². The van der Waals surface area contributed by atoms with Crippen molar-refractivity contribution in [2.75, 3.05) is 6.54 Å². The number of nitrogens with two attached hydrogens (primary N) is 1. The average Bonchev–Trinajstić information content (AvgIpc) is 3.19. The Balaban J connectivity index is 1.60. The van der Waals surface area contributed by atoms with E-state index in [0.29, 0.717) is 4.88 Å². The molecule has 116 valence electrons. The lowest BCUT2D eigenvalue weighted by Crippen LogP contribution is -2.43. The minimum Gasteiger partial charge on any atom is -0.461 e. The van der Waals surface area contributed by atoms with Crippen molar-refractivity contribution < 1.29 is 14.3 Å². The van der Waals surface area contributed by atoms with Crippen molar-refractivity contribution in [2.24, 2.45) is 5.73 Å². The molecule has 0 aliphatic heterocycles. The number of pyridine rings is 1. The summed E-state index contributed by atoms with van der Waals surface area (Å²) in [4.78, 5) is 28.6. The molecule has 1 aliphatic rings. The largest absolute Gasteiger partial charge is 0.461 e. The van der Waals surface area contributed by atoms with E-state index in [1.807, 2.05) is 13.0 Å². The van der Waals surface area contributed by atoms with Crippen molar-refractivity contribution in [2.45, 2.75) is 31.9 Å². The highest BCUT2D eigenvalue weighted by molar-refractivity contribution is 7.21. The molecule has 3 rings (SSSR count). The van der Waals surface area contributed by atoms with Crippen LogP contribution in [0, 0.1) is 6.92 Å². The number of hydrogen-bond acceptors (Lipinski definition) is 6. The minimum absolute atomic E-state index is 0.0193. The Morgan fingerprint density at radius 3 is 3.00 bits per heavy atom. The summed E-state index contributed by atoms with van der Waals surface area (Å²) in [7, 11) is 0. The van der Waals surface area contributed by atoms with Crippen LogP contribution in [0.15, 0.2) is 18.3 Å². The molecule has 0 saturated heterocycles. The van der Waals surface area contributed by atoms with Gasteiger partial charge in [-0.25, -0.2) is 0 Å². The van der Waals surface area contributed by atoms with Gasteiger partial charge in [-0.3, -0.25) is 14.6 Å². The fraction of sp³-hybridized carbons (Fsp3) is 0.400. The second kappa shape index (κ2) is 6.02. The number of amides is 1. The molecule has 22 heavy (non-hydrogen) atoms. The van der Waals surface area contributed by atoms with Crippen LogP contribution in [0.1, 0.15) is 28.1 Å². The zero-order chi connectivity index (χ0) is 15.7. The number of rotatable bonds is 5. The third-order valence-corrected chi connectivity index (χ3v) is 4.68. The summed E-state index contributed by atoms with van der Waals surface area (Å²) in [5, 5.41) is 2.67. The number of carbonyl (C=O) groups excluding carboxylic acids is 2. The number of carbonyl (C=O) groups is 2. The summed E-state index contributed by atoms with van der Waals surface area (Å²) in [6.45, 7) is 2.04. The molecule has 2 heterocycles. The summed E-state index contributed by atoms with van der Waals surface area (Å²) >= 11 is 1.38. The Morgan fingerprint density at radius 2 is 2.32 bits per heavy atom. The molecular formula is C15H17N3O3S. The van der Waals surface area contributed by atoms with Gasteiger partial charge in [-0.2, -0.15) is 0 Å². The third kappa shape index (κ3) is 3.26. The van der Waals surface area contributed by atoms with Crippen LogP contribution in [0.5, 0.6) is 0 Å². The number of nitrogens with zero attached hydrogens (tertiary/aromatic N) is 1. The molecule has 3 N–H and O–H groups in total. The molecule has 1 aliphatic carbocycles. The van der Waals surface area contributed by atoms with Crippen LogP contribution < -0.4 is 11.1 Å². The van der Waals surface area contributed by atoms with Crippen LogP contribution in [0.25, 0.3) is 10.2 Å². The topological polar surface area (TPSA) is 94.3 Å². The summed E-state index contributed by atoms with van der Waals surface area (Å²) in [5.41, 5.74) is 7.60. The first kappa shape index (κ1) is 14.9. The van der Waals surface area contributed by atoms with E-state index in [4.69, 9.17) is 10.5 Å². The number of hydrogen-bond donors (Lipinski definition) is 2. The maximum absolute atomic E-state index is 12.2. The molecule has 2 aromatic rings. The zero-order valence-electron chi connectivity index (χ0n) is 12.2. The van der Waals surface area contributed by atoms with E-state index in [0.717, 1.165) is 28.6 Å². The Morgan fingerprint density at radius 1 is 1.55 bits per heavy atom. The molecule has 0 bridgehead atoms. The van der Waals surface area contributed by atoms with Crippen molar-refractivity contribution >= 4 is 33.4 Å². The van der Waals surface area contributed by atoms with Crippen molar-refractivity contribution in [1.29, 1.82) is 0 Å². The number of ether oxygens (including phenoxy) is 1. The lowest BCUT2D eigenvalue weighted by atomic mass is 10.2. The highest BCUT2D eigenvalue weighted by Crippen LogP contribution is 2.26. The fourth-order valence-corrected chi connectivity index (χ4v) is 2.99. The highest BCUT2D eigenvalue weighted by Gasteiger charge is 2.28. The Hall–Kier alpha value is -1.99. The second-order valence-electron chi connectivity index (χ2n) is 5.41. The van der Waals surface area contributed by atoms with Crippen molar-refractivity contribution in [3.05, 3.63) is 28.8 Å².